The summed E-state index contributed by atoms with van der Waals surface area (Å²) in [4.78, 5) is 31.5. The first-order valence-corrected chi connectivity index (χ1v) is 12.7. The Kier molecular flexibility index (Phi) is 7.39. The molecular weight excluding hydrogens is 400 g/mol. The Morgan fingerprint density at radius 1 is 1.06 bits per heavy atom. The fourth-order valence-corrected chi connectivity index (χ4v) is 5.89. The number of piperazine rings is 1. The van der Waals surface area contributed by atoms with Crippen LogP contribution in [0.15, 0.2) is 24.3 Å². The Hall–Kier alpha value is -2.08. The van der Waals surface area contributed by atoms with E-state index in [0.717, 1.165) is 44.6 Å². The van der Waals surface area contributed by atoms with E-state index >= 15 is 0 Å². The average Bonchev–Trinajstić information content (AvgIpc) is 2.81. The molecule has 1 atom stereocenters. The smallest absolute Gasteiger partial charge is 0.246 e. The molecule has 176 valence electrons. The Morgan fingerprint density at radius 3 is 2.41 bits per heavy atom. The Labute approximate surface area is 192 Å². The van der Waals surface area contributed by atoms with Crippen LogP contribution < -0.4 is 11.1 Å². The number of benzene rings is 1. The van der Waals surface area contributed by atoms with Crippen LogP contribution in [-0.2, 0) is 16.1 Å². The minimum Gasteiger partial charge on any atom is -0.399 e. The molecule has 0 bridgehead atoms. The highest BCUT2D eigenvalue weighted by molar-refractivity contribution is 6.00. The van der Waals surface area contributed by atoms with Crippen molar-refractivity contribution in [1.29, 1.82) is 0 Å². The fourth-order valence-electron chi connectivity index (χ4n) is 5.89. The SMILES string of the molecule is CCCCN1C(=O)C(CC2CCCCC2)NC(=O)C12CCN(Cc1ccc(N)cc1)CC2. The zero-order chi connectivity index (χ0) is 22.6. The molecular formula is C26H40N4O2. The average molecular weight is 441 g/mol. The first-order chi connectivity index (χ1) is 15.5. The van der Waals surface area contributed by atoms with Gasteiger partial charge in [-0.1, -0.05) is 57.6 Å². The van der Waals surface area contributed by atoms with E-state index in [4.69, 9.17) is 5.73 Å². The van der Waals surface area contributed by atoms with Gasteiger partial charge in [-0.15, -0.1) is 0 Å². The number of hydrogen-bond acceptors (Lipinski definition) is 4. The van der Waals surface area contributed by atoms with E-state index in [0.29, 0.717) is 25.3 Å². The topological polar surface area (TPSA) is 78.7 Å². The van der Waals surface area contributed by atoms with Crippen LogP contribution >= 0.6 is 0 Å². The lowest BCUT2D eigenvalue weighted by atomic mass is 9.79. The fraction of sp³-hybridized carbons (Fsp3) is 0.692. The predicted octanol–water partition coefficient (Wildman–Crippen LogP) is 3.70. The molecule has 32 heavy (non-hydrogen) atoms. The van der Waals surface area contributed by atoms with E-state index < -0.39 is 5.54 Å². The summed E-state index contributed by atoms with van der Waals surface area (Å²) in [6.45, 7) is 5.34. The molecule has 2 aliphatic heterocycles. The quantitative estimate of drug-likeness (QED) is 0.634. The van der Waals surface area contributed by atoms with Crippen LogP contribution in [0.3, 0.4) is 0 Å². The zero-order valence-corrected chi connectivity index (χ0v) is 19.7. The molecule has 3 aliphatic rings. The number of piperidine rings is 1. The summed E-state index contributed by atoms with van der Waals surface area (Å²) in [7, 11) is 0. The number of unbranched alkanes of at least 4 members (excludes halogenated alkanes) is 1. The Balaban J connectivity index is 1.44. The lowest BCUT2D eigenvalue weighted by Crippen LogP contribution is -2.73. The van der Waals surface area contributed by atoms with Crippen LogP contribution in [0.25, 0.3) is 0 Å². The zero-order valence-electron chi connectivity index (χ0n) is 19.7. The van der Waals surface area contributed by atoms with Crippen LogP contribution in [0.2, 0.25) is 0 Å². The molecule has 4 rings (SSSR count). The summed E-state index contributed by atoms with van der Waals surface area (Å²) in [6.07, 6.45) is 10.4. The third-order valence-corrected chi connectivity index (χ3v) is 7.91. The van der Waals surface area contributed by atoms with Crippen molar-refractivity contribution in [3.8, 4) is 0 Å². The number of likely N-dealkylation sites (tertiary alicyclic amines) is 1. The van der Waals surface area contributed by atoms with Crippen molar-refractivity contribution < 1.29 is 9.59 Å². The number of nitrogens with two attached hydrogens (primary N) is 1. The third-order valence-electron chi connectivity index (χ3n) is 7.91. The van der Waals surface area contributed by atoms with Crippen molar-refractivity contribution in [3.05, 3.63) is 29.8 Å². The normalized spacial score (nSPS) is 24.7. The molecule has 1 saturated carbocycles. The van der Waals surface area contributed by atoms with Gasteiger partial charge in [0.2, 0.25) is 11.8 Å². The molecule has 6 nitrogen and oxygen atoms in total. The molecule has 2 heterocycles. The van der Waals surface area contributed by atoms with Gasteiger partial charge in [0.15, 0.2) is 0 Å². The molecule has 1 aliphatic carbocycles. The molecule has 2 saturated heterocycles. The molecule has 1 aromatic rings. The van der Waals surface area contributed by atoms with Crippen LogP contribution in [-0.4, -0.2) is 52.8 Å². The molecule has 0 aromatic heterocycles. The Bertz CT molecular complexity index is 780. The lowest BCUT2D eigenvalue weighted by Gasteiger charge is -2.52. The number of amides is 2. The van der Waals surface area contributed by atoms with Gasteiger partial charge < -0.3 is 16.0 Å². The van der Waals surface area contributed by atoms with Gasteiger partial charge in [-0.2, -0.15) is 0 Å². The highest BCUT2D eigenvalue weighted by atomic mass is 16.2. The maximum absolute atomic E-state index is 13.6. The number of nitrogens with zero attached hydrogens (tertiary/aromatic N) is 2. The summed E-state index contributed by atoms with van der Waals surface area (Å²) in [5.41, 5.74) is 7.14. The third kappa shape index (κ3) is 4.95. The van der Waals surface area contributed by atoms with Gasteiger partial charge in [0, 0.05) is 31.9 Å². The van der Waals surface area contributed by atoms with Crippen LogP contribution in [0.4, 0.5) is 5.69 Å². The molecule has 6 heteroatoms. The van der Waals surface area contributed by atoms with Gasteiger partial charge in [0.1, 0.15) is 11.6 Å². The monoisotopic (exact) mass is 440 g/mol. The molecule has 1 aromatic carbocycles. The van der Waals surface area contributed by atoms with Gasteiger partial charge in [-0.3, -0.25) is 14.5 Å². The van der Waals surface area contributed by atoms with E-state index in [1.807, 2.05) is 17.0 Å². The van der Waals surface area contributed by atoms with E-state index in [2.05, 4.69) is 29.3 Å². The van der Waals surface area contributed by atoms with Crippen molar-refractivity contribution in [2.45, 2.75) is 89.3 Å². The van der Waals surface area contributed by atoms with E-state index in [1.165, 1.54) is 37.7 Å². The molecule has 1 spiro atoms. The Morgan fingerprint density at radius 2 is 1.75 bits per heavy atom. The number of anilines is 1. The summed E-state index contributed by atoms with van der Waals surface area (Å²) >= 11 is 0. The number of carbonyl (C=O) groups excluding carboxylic acids is 2. The van der Waals surface area contributed by atoms with Gasteiger partial charge in [-0.25, -0.2) is 0 Å². The summed E-state index contributed by atoms with van der Waals surface area (Å²) in [5, 5.41) is 3.19. The second-order valence-electron chi connectivity index (χ2n) is 10.2. The molecule has 0 radical (unpaired) electrons. The van der Waals surface area contributed by atoms with E-state index in [9.17, 15) is 9.59 Å². The molecule has 2 amide bonds. The second kappa shape index (κ2) is 10.2. The number of hydrogen-bond donors (Lipinski definition) is 2. The van der Waals surface area contributed by atoms with Gasteiger partial charge in [0.25, 0.3) is 0 Å². The minimum atomic E-state index is -0.674. The molecule has 3 fully saturated rings. The number of nitrogens with one attached hydrogen (secondary N) is 1. The second-order valence-corrected chi connectivity index (χ2v) is 10.2. The summed E-state index contributed by atoms with van der Waals surface area (Å²) in [6, 6.07) is 7.68. The number of nitrogen functional groups attached to an aromatic ring is 1. The summed E-state index contributed by atoms with van der Waals surface area (Å²) < 4.78 is 0. The first-order valence-electron chi connectivity index (χ1n) is 12.7. The van der Waals surface area contributed by atoms with E-state index in [1.54, 1.807) is 0 Å². The van der Waals surface area contributed by atoms with Crippen molar-refractivity contribution >= 4 is 17.5 Å². The van der Waals surface area contributed by atoms with Gasteiger partial charge in [0.05, 0.1) is 0 Å². The van der Waals surface area contributed by atoms with Crippen molar-refractivity contribution in [2.24, 2.45) is 5.92 Å². The highest BCUT2D eigenvalue weighted by Crippen LogP contribution is 2.36. The van der Waals surface area contributed by atoms with Crippen LogP contribution in [0.5, 0.6) is 0 Å². The summed E-state index contributed by atoms with van der Waals surface area (Å²) in [5.74, 6) is 0.818. The molecule has 3 N–H and O–H groups in total. The van der Waals surface area contributed by atoms with Crippen LogP contribution in [0.1, 0.15) is 76.7 Å². The highest BCUT2D eigenvalue weighted by Gasteiger charge is 2.53. The van der Waals surface area contributed by atoms with Crippen molar-refractivity contribution in [1.82, 2.24) is 15.1 Å². The largest absolute Gasteiger partial charge is 0.399 e. The van der Waals surface area contributed by atoms with Crippen molar-refractivity contribution in [3.63, 3.8) is 0 Å². The number of rotatable bonds is 7. The maximum atomic E-state index is 13.6. The maximum Gasteiger partial charge on any atom is 0.246 e. The lowest BCUT2D eigenvalue weighted by molar-refractivity contribution is -0.162. The van der Waals surface area contributed by atoms with Crippen LogP contribution in [0, 0.1) is 5.92 Å². The predicted molar refractivity (Wildman–Crippen MR) is 128 cm³/mol. The van der Waals surface area contributed by atoms with E-state index in [-0.39, 0.29) is 17.9 Å². The molecule has 1 unspecified atom stereocenters. The number of carbonyl (C=O) groups is 2. The van der Waals surface area contributed by atoms with Crippen molar-refractivity contribution in [2.75, 3.05) is 25.4 Å². The minimum absolute atomic E-state index is 0.0844. The first kappa shape index (κ1) is 23.1. The van der Waals surface area contributed by atoms with Gasteiger partial charge in [-0.05, 0) is 49.3 Å². The van der Waals surface area contributed by atoms with Gasteiger partial charge >= 0.3 is 0 Å². The standard InChI is InChI=1S/C26H40N4O2/c1-2-3-15-30-24(31)23(18-20-7-5-4-6-8-20)28-25(32)26(30)13-16-29(17-14-26)19-21-9-11-22(27)12-10-21/h9-12,20,23H,2-8,13-19,27H2,1H3,(H,28,32).